The molecule has 7 nitrogen and oxygen atoms in total. The maximum atomic E-state index is 13.0. The van der Waals surface area contributed by atoms with Crippen LogP contribution in [0, 0.1) is 0 Å². The lowest BCUT2D eigenvalue weighted by atomic mass is 10.1. The Hall–Kier alpha value is -1.99. The smallest absolute Gasteiger partial charge is 0.223 e. The molecule has 0 aromatic carbocycles. The number of carbonyl (C=O) groups is 2. The van der Waals surface area contributed by atoms with Crippen molar-refractivity contribution in [2.24, 2.45) is 0 Å². The number of aromatic nitrogens is 1. The highest BCUT2D eigenvalue weighted by Crippen LogP contribution is 2.18. The lowest BCUT2D eigenvalue weighted by Crippen LogP contribution is -2.43. The van der Waals surface area contributed by atoms with Crippen molar-refractivity contribution in [1.82, 2.24) is 20.1 Å². The third-order valence-corrected chi connectivity index (χ3v) is 5.28. The molecule has 2 aliphatic heterocycles. The van der Waals surface area contributed by atoms with Gasteiger partial charge in [0.1, 0.15) is 0 Å². The van der Waals surface area contributed by atoms with Gasteiger partial charge in [0.2, 0.25) is 11.8 Å². The lowest BCUT2D eigenvalue weighted by Gasteiger charge is -2.31. The number of rotatable bonds is 6. The summed E-state index contributed by atoms with van der Waals surface area (Å²) in [6, 6.07) is 5.98. The molecule has 2 amide bonds. The number of hydrogen-bond acceptors (Lipinski definition) is 5. The third kappa shape index (κ3) is 6.01. The highest BCUT2D eigenvalue weighted by molar-refractivity contribution is 5.84. The number of hydrogen-bond donors (Lipinski definition) is 1. The van der Waals surface area contributed by atoms with Crippen LogP contribution in [-0.4, -0.2) is 72.0 Å². The van der Waals surface area contributed by atoms with Crippen LogP contribution in [0.25, 0.3) is 0 Å². The van der Waals surface area contributed by atoms with E-state index in [-0.39, 0.29) is 30.7 Å². The van der Waals surface area contributed by atoms with Gasteiger partial charge in [0, 0.05) is 38.2 Å². The molecule has 1 atom stereocenters. The average Bonchev–Trinajstić information content (AvgIpc) is 3.01. The molecule has 0 aliphatic carbocycles. The highest BCUT2D eigenvalue weighted by atomic mass is 16.5. The molecule has 2 aliphatic rings. The van der Waals surface area contributed by atoms with Crippen molar-refractivity contribution in [3.8, 4) is 0 Å². The Kier molecular flexibility index (Phi) is 7.59. The molecule has 0 saturated carbocycles. The molecule has 2 saturated heterocycles. The fraction of sp³-hybridized carbons (Fsp3) is 0.650. The number of carbonyl (C=O) groups excluding carboxylic acids is 2. The number of nitrogens with zero attached hydrogens (tertiary/aromatic N) is 3. The number of ether oxygens (including phenoxy) is 1. The lowest BCUT2D eigenvalue weighted by molar-refractivity contribution is -0.140. The topological polar surface area (TPSA) is 74.8 Å². The molecule has 2 fully saturated rings. The number of pyridine rings is 1. The summed E-state index contributed by atoms with van der Waals surface area (Å²) in [6.07, 6.45) is 5.27. The summed E-state index contributed by atoms with van der Waals surface area (Å²) in [5, 5.41) is 3.40. The third-order valence-electron chi connectivity index (χ3n) is 5.28. The van der Waals surface area contributed by atoms with Crippen molar-refractivity contribution in [2.45, 2.75) is 44.7 Å². The maximum absolute atomic E-state index is 13.0. The van der Waals surface area contributed by atoms with E-state index in [9.17, 15) is 9.59 Å². The Balaban J connectivity index is 1.61. The molecular formula is C20H30N4O3. The molecular weight excluding hydrogens is 344 g/mol. The van der Waals surface area contributed by atoms with E-state index >= 15 is 0 Å². The van der Waals surface area contributed by atoms with Gasteiger partial charge in [-0.1, -0.05) is 6.07 Å². The second-order valence-corrected chi connectivity index (χ2v) is 7.17. The fourth-order valence-electron chi connectivity index (χ4n) is 3.73. The summed E-state index contributed by atoms with van der Waals surface area (Å²) < 4.78 is 5.29. The molecule has 1 aromatic rings. The van der Waals surface area contributed by atoms with Gasteiger partial charge < -0.3 is 19.9 Å². The van der Waals surface area contributed by atoms with Gasteiger partial charge in [0.05, 0.1) is 25.5 Å². The van der Waals surface area contributed by atoms with Gasteiger partial charge in [-0.3, -0.25) is 14.6 Å². The molecule has 1 N–H and O–H groups in total. The molecule has 7 heteroatoms. The average molecular weight is 374 g/mol. The summed E-state index contributed by atoms with van der Waals surface area (Å²) in [7, 11) is 0. The van der Waals surface area contributed by atoms with Crippen molar-refractivity contribution in [3.05, 3.63) is 30.1 Å². The first-order valence-corrected chi connectivity index (χ1v) is 9.99. The van der Waals surface area contributed by atoms with Crippen molar-refractivity contribution in [1.29, 1.82) is 0 Å². The molecule has 0 radical (unpaired) electrons. The van der Waals surface area contributed by atoms with E-state index in [4.69, 9.17) is 4.74 Å². The predicted octanol–water partition coefficient (Wildman–Crippen LogP) is 1.19. The van der Waals surface area contributed by atoms with Crippen LogP contribution in [0.4, 0.5) is 0 Å². The van der Waals surface area contributed by atoms with Crippen LogP contribution in [-0.2, 0) is 20.9 Å². The SMILES string of the molecule is O=C(CCC(=O)N(Cc1ccccn1)C1CCCNCC1)N1CCOCC1. The van der Waals surface area contributed by atoms with Gasteiger partial charge in [-0.05, 0) is 44.5 Å². The first-order valence-electron chi connectivity index (χ1n) is 9.99. The minimum atomic E-state index is 0.0481. The second kappa shape index (κ2) is 10.4. The van der Waals surface area contributed by atoms with E-state index in [1.807, 2.05) is 23.1 Å². The zero-order valence-electron chi connectivity index (χ0n) is 15.9. The van der Waals surface area contributed by atoms with Crippen molar-refractivity contribution in [3.63, 3.8) is 0 Å². The molecule has 1 unspecified atom stereocenters. The van der Waals surface area contributed by atoms with E-state index in [1.165, 1.54) is 0 Å². The van der Waals surface area contributed by atoms with Gasteiger partial charge in [0.15, 0.2) is 0 Å². The molecule has 0 bridgehead atoms. The van der Waals surface area contributed by atoms with E-state index in [0.717, 1.165) is 38.0 Å². The quantitative estimate of drug-likeness (QED) is 0.810. The zero-order chi connectivity index (χ0) is 18.9. The Bertz CT molecular complexity index is 597. The molecule has 3 rings (SSSR count). The summed E-state index contributed by atoms with van der Waals surface area (Å²) in [5.74, 6) is 0.0983. The number of amides is 2. The Morgan fingerprint density at radius 1 is 1.19 bits per heavy atom. The van der Waals surface area contributed by atoms with Crippen LogP contribution < -0.4 is 5.32 Å². The van der Waals surface area contributed by atoms with Gasteiger partial charge in [-0.25, -0.2) is 0 Å². The Morgan fingerprint density at radius 2 is 2.04 bits per heavy atom. The first-order chi connectivity index (χ1) is 13.2. The second-order valence-electron chi connectivity index (χ2n) is 7.17. The van der Waals surface area contributed by atoms with Crippen LogP contribution >= 0.6 is 0 Å². The number of nitrogens with one attached hydrogen (secondary N) is 1. The monoisotopic (exact) mass is 374 g/mol. The van der Waals surface area contributed by atoms with Gasteiger partial charge in [-0.2, -0.15) is 0 Å². The summed E-state index contributed by atoms with van der Waals surface area (Å²) >= 11 is 0. The standard InChI is InChI=1S/C20H30N4O3/c25-19(23-12-14-27-15-13-23)6-7-20(26)24(16-17-4-1-2-10-22-17)18-5-3-9-21-11-8-18/h1-2,4,10,18,21H,3,5-9,11-16H2. The van der Waals surface area contributed by atoms with Crippen LogP contribution in [0.3, 0.4) is 0 Å². The minimum Gasteiger partial charge on any atom is -0.378 e. The van der Waals surface area contributed by atoms with Crippen molar-refractivity contribution < 1.29 is 14.3 Å². The van der Waals surface area contributed by atoms with Crippen LogP contribution in [0.5, 0.6) is 0 Å². The highest BCUT2D eigenvalue weighted by Gasteiger charge is 2.26. The normalized spacial score (nSPS) is 20.7. The number of morpholine rings is 1. The minimum absolute atomic E-state index is 0.0481. The molecule has 1 aromatic heterocycles. The first kappa shape index (κ1) is 19.8. The summed E-state index contributed by atoms with van der Waals surface area (Å²) in [6.45, 7) is 4.84. The van der Waals surface area contributed by atoms with Crippen LogP contribution in [0.15, 0.2) is 24.4 Å². The van der Waals surface area contributed by atoms with Gasteiger partial charge >= 0.3 is 0 Å². The van der Waals surface area contributed by atoms with Crippen LogP contribution in [0.2, 0.25) is 0 Å². The Labute approximate surface area is 161 Å². The molecule has 148 valence electrons. The van der Waals surface area contributed by atoms with Crippen molar-refractivity contribution >= 4 is 11.8 Å². The molecule has 0 spiro atoms. The Morgan fingerprint density at radius 3 is 2.81 bits per heavy atom. The maximum Gasteiger partial charge on any atom is 0.223 e. The summed E-state index contributed by atoms with van der Waals surface area (Å²) in [4.78, 5) is 33.6. The molecule has 27 heavy (non-hydrogen) atoms. The van der Waals surface area contributed by atoms with Crippen molar-refractivity contribution in [2.75, 3.05) is 39.4 Å². The largest absolute Gasteiger partial charge is 0.378 e. The predicted molar refractivity (Wildman–Crippen MR) is 102 cm³/mol. The molecule has 3 heterocycles. The van der Waals surface area contributed by atoms with E-state index < -0.39 is 0 Å². The van der Waals surface area contributed by atoms with Gasteiger partial charge in [0.25, 0.3) is 0 Å². The van der Waals surface area contributed by atoms with Gasteiger partial charge in [-0.15, -0.1) is 0 Å². The van der Waals surface area contributed by atoms with E-state index in [0.29, 0.717) is 32.8 Å². The van der Waals surface area contributed by atoms with E-state index in [2.05, 4.69) is 10.3 Å². The zero-order valence-corrected chi connectivity index (χ0v) is 15.9. The van der Waals surface area contributed by atoms with E-state index in [1.54, 1.807) is 11.1 Å². The van der Waals surface area contributed by atoms with Crippen LogP contribution in [0.1, 0.15) is 37.8 Å². The summed E-state index contributed by atoms with van der Waals surface area (Å²) in [5.41, 5.74) is 0.891. The fourth-order valence-corrected chi connectivity index (χ4v) is 3.73.